The Balaban J connectivity index is 1.98. The van der Waals surface area contributed by atoms with Gasteiger partial charge in [-0.25, -0.2) is 4.98 Å². The number of nitrogens with one attached hydrogen (secondary N) is 1. The summed E-state index contributed by atoms with van der Waals surface area (Å²) >= 11 is 0. The molecule has 0 fully saturated rings. The van der Waals surface area contributed by atoms with Crippen molar-refractivity contribution in [2.75, 3.05) is 24.5 Å². The molecular weight excluding hydrogens is 210 g/mol. The highest BCUT2D eigenvalue weighted by Crippen LogP contribution is 2.14. The summed E-state index contributed by atoms with van der Waals surface area (Å²) in [5.41, 5.74) is 1.13. The number of rotatable bonds is 5. The van der Waals surface area contributed by atoms with E-state index in [1.807, 2.05) is 0 Å². The van der Waals surface area contributed by atoms with E-state index in [2.05, 4.69) is 47.5 Å². The number of hydrogen-bond acceptors (Lipinski definition) is 3. The smallest absolute Gasteiger partial charge is 0.129 e. The molecule has 1 aliphatic heterocycles. The highest BCUT2D eigenvalue weighted by atomic mass is 15.2. The maximum absolute atomic E-state index is 4.70. The molecule has 0 amide bonds. The second-order valence-electron chi connectivity index (χ2n) is 4.37. The lowest BCUT2D eigenvalue weighted by molar-refractivity contribution is 0.662. The molecule has 92 valence electrons. The van der Waals surface area contributed by atoms with E-state index < -0.39 is 0 Å². The molecule has 2 rings (SSSR count). The van der Waals surface area contributed by atoms with Gasteiger partial charge in [0.05, 0.1) is 5.69 Å². The van der Waals surface area contributed by atoms with Crippen LogP contribution >= 0.6 is 0 Å². The van der Waals surface area contributed by atoms with E-state index in [1.165, 1.54) is 0 Å². The Labute approximate surface area is 104 Å². The number of pyridine rings is 1. The van der Waals surface area contributed by atoms with Crippen LogP contribution in [0.1, 0.15) is 25.5 Å². The molecule has 0 saturated carbocycles. The van der Waals surface area contributed by atoms with Crippen LogP contribution in [0.5, 0.6) is 0 Å². The summed E-state index contributed by atoms with van der Waals surface area (Å²) in [5.74, 6) is 1.10. The SMILES string of the molecule is CCCNCc1cccc(N2CC=CCC2)n1. The number of hydrogen-bond donors (Lipinski definition) is 1. The Hall–Kier alpha value is -1.35. The van der Waals surface area contributed by atoms with Gasteiger partial charge in [-0.1, -0.05) is 25.1 Å². The standard InChI is InChI=1S/C14H21N3/c1-2-9-15-12-13-7-6-8-14(16-13)17-10-4-3-5-11-17/h3-4,6-8,15H,2,5,9-12H2,1H3. The molecule has 0 unspecified atom stereocenters. The van der Waals surface area contributed by atoms with Crippen LogP contribution in [0, 0.1) is 0 Å². The highest BCUT2D eigenvalue weighted by molar-refractivity contribution is 5.41. The average Bonchev–Trinajstić information content (AvgIpc) is 2.41. The molecule has 1 aliphatic rings. The van der Waals surface area contributed by atoms with Crippen molar-refractivity contribution in [1.82, 2.24) is 10.3 Å². The zero-order valence-corrected chi connectivity index (χ0v) is 10.5. The lowest BCUT2D eigenvalue weighted by Gasteiger charge is -2.24. The van der Waals surface area contributed by atoms with Crippen molar-refractivity contribution >= 4 is 5.82 Å². The summed E-state index contributed by atoms with van der Waals surface area (Å²) in [7, 11) is 0. The lowest BCUT2D eigenvalue weighted by Crippen LogP contribution is -2.28. The maximum Gasteiger partial charge on any atom is 0.129 e. The Kier molecular flexibility index (Phi) is 4.56. The van der Waals surface area contributed by atoms with Crippen LogP contribution in [-0.4, -0.2) is 24.6 Å². The summed E-state index contributed by atoms with van der Waals surface area (Å²) in [6, 6.07) is 6.29. The van der Waals surface area contributed by atoms with Gasteiger partial charge in [0.15, 0.2) is 0 Å². The van der Waals surface area contributed by atoms with E-state index in [9.17, 15) is 0 Å². The summed E-state index contributed by atoms with van der Waals surface area (Å²) in [4.78, 5) is 7.02. The van der Waals surface area contributed by atoms with Gasteiger partial charge in [0.25, 0.3) is 0 Å². The van der Waals surface area contributed by atoms with Crippen LogP contribution < -0.4 is 10.2 Å². The van der Waals surface area contributed by atoms with Gasteiger partial charge >= 0.3 is 0 Å². The predicted molar refractivity (Wildman–Crippen MR) is 72.2 cm³/mol. The molecule has 0 saturated heterocycles. The van der Waals surface area contributed by atoms with E-state index in [0.29, 0.717) is 0 Å². The molecule has 17 heavy (non-hydrogen) atoms. The Bertz CT molecular complexity index is 373. The van der Waals surface area contributed by atoms with Gasteiger partial charge in [-0.3, -0.25) is 0 Å². The maximum atomic E-state index is 4.70. The zero-order chi connectivity index (χ0) is 11.9. The fourth-order valence-electron chi connectivity index (χ4n) is 1.98. The quantitative estimate of drug-likeness (QED) is 0.623. The molecule has 0 aromatic carbocycles. The first-order chi connectivity index (χ1) is 8.40. The molecule has 0 aliphatic carbocycles. The predicted octanol–water partition coefficient (Wildman–Crippen LogP) is 2.35. The molecule has 3 nitrogen and oxygen atoms in total. The molecule has 0 atom stereocenters. The third-order valence-corrected chi connectivity index (χ3v) is 2.91. The third kappa shape index (κ3) is 3.56. The third-order valence-electron chi connectivity index (χ3n) is 2.91. The Morgan fingerprint density at radius 1 is 1.35 bits per heavy atom. The van der Waals surface area contributed by atoms with Crippen molar-refractivity contribution in [3.63, 3.8) is 0 Å². The van der Waals surface area contributed by atoms with Crippen LogP contribution in [0.3, 0.4) is 0 Å². The summed E-state index contributed by atoms with van der Waals surface area (Å²) in [6.45, 7) is 6.16. The van der Waals surface area contributed by atoms with Gasteiger partial charge in [0.1, 0.15) is 5.82 Å². The van der Waals surface area contributed by atoms with Crippen molar-refractivity contribution in [3.05, 3.63) is 36.0 Å². The van der Waals surface area contributed by atoms with Gasteiger partial charge in [0.2, 0.25) is 0 Å². The average molecular weight is 231 g/mol. The molecule has 1 aromatic heterocycles. The van der Waals surface area contributed by atoms with Crippen LogP contribution in [0.4, 0.5) is 5.82 Å². The normalized spacial score (nSPS) is 15.2. The van der Waals surface area contributed by atoms with Crippen LogP contribution in [0.2, 0.25) is 0 Å². The number of anilines is 1. The van der Waals surface area contributed by atoms with E-state index in [-0.39, 0.29) is 0 Å². The Morgan fingerprint density at radius 3 is 3.06 bits per heavy atom. The molecule has 3 heteroatoms. The minimum absolute atomic E-state index is 0.866. The van der Waals surface area contributed by atoms with Crippen LogP contribution in [0.25, 0.3) is 0 Å². The topological polar surface area (TPSA) is 28.2 Å². The fraction of sp³-hybridized carbons (Fsp3) is 0.500. The van der Waals surface area contributed by atoms with Gasteiger partial charge < -0.3 is 10.2 Å². The van der Waals surface area contributed by atoms with E-state index >= 15 is 0 Å². The number of nitrogens with zero attached hydrogens (tertiary/aromatic N) is 2. The van der Waals surface area contributed by atoms with Crippen LogP contribution in [-0.2, 0) is 6.54 Å². The first kappa shape index (κ1) is 12.1. The first-order valence-corrected chi connectivity index (χ1v) is 6.46. The minimum Gasteiger partial charge on any atom is -0.353 e. The molecule has 0 spiro atoms. The molecule has 2 heterocycles. The molecule has 1 N–H and O–H groups in total. The molecular formula is C14H21N3. The van der Waals surface area contributed by atoms with Gasteiger partial charge in [-0.15, -0.1) is 0 Å². The Morgan fingerprint density at radius 2 is 2.29 bits per heavy atom. The van der Waals surface area contributed by atoms with Crippen molar-refractivity contribution < 1.29 is 0 Å². The van der Waals surface area contributed by atoms with Gasteiger partial charge in [-0.2, -0.15) is 0 Å². The fourth-order valence-corrected chi connectivity index (χ4v) is 1.98. The lowest BCUT2D eigenvalue weighted by atomic mass is 10.2. The van der Waals surface area contributed by atoms with E-state index in [1.54, 1.807) is 0 Å². The zero-order valence-electron chi connectivity index (χ0n) is 10.5. The van der Waals surface area contributed by atoms with Gasteiger partial charge in [0, 0.05) is 19.6 Å². The van der Waals surface area contributed by atoms with E-state index in [0.717, 1.165) is 50.5 Å². The van der Waals surface area contributed by atoms with Gasteiger partial charge in [-0.05, 0) is 31.5 Å². The molecule has 1 aromatic rings. The second kappa shape index (κ2) is 6.40. The monoisotopic (exact) mass is 231 g/mol. The summed E-state index contributed by atoms with van der Waals surface area (Å²) in [5, 5.41) is 3.39. The van der Waals surface area contributed by atoms with E-state index in [4.69, 9.17) is 4.98 Å². The van der Waals surface area contributed by atoms with Crippen LogP contribution in [0.15, 0.2) is 30.4 Å². The van der Waals surface area contributed by atoms with Crippen molar-refractivity contribution in [2.45, 2.75) is 26.3 Å². The molecule has 0 bridgehead atoms. The highest BCUT2D eigenvalue weighted by Gasteiger charge is 2.08. The minimum atomic E-state index is 0.866. The van der Waals surface area contributed by atoms with Crippen molar-refractivity contribution in [3.8, 4) is 0 Å². The second-order valence-corrected chi connectivity index (χ2v) is 4.37. The number of aromatic nitrogens is 1. The first-order valence-electron chi connectivity index (χ1n) is 6.46. The summed E-state index contributed by atoms with van der Waals surface area (Å²) < 4.78 is 0. The molecule has 0 radical (unpaired) electrons. The largest absolute Gasteiger partial charge is 0.353 e. The summed E-state index contributed by atoms with van der Waals surface area (Å²) in [6.07, 6.45) is 6.74. The van der Waals surface area contributed by atoms with Crippen molar-refractivity contribution in [1.29, 1.82) is 0 Å². The van der Waals surface area contributed by atoms with Crippen molar-refractivity contribution in [2.24, 2.45) is 0 Å².